The van der Waals surface area contributed by atoms with Crippen LogP contribution in [0.5, 0.6) is 0 Å². The van der Waals surface area contributed by atoms with Gasteiger partial charge in [0, 0.05) is 5.56 Å². The van der Waals surface area contributed by atoms with Gasteiger partial charge in [-0.2, -0.15) is 0 Å². The van der Waals surface area contributed by atoms with E-state index in [4.69, 9.17) is 46.4 Å². The highest BCUT2D eigenvalue weighted by Gasteiger charge is 2.12. The molecule has 3 rings (SSSR count). The standard InChI is InChI=1S/C13H6Cl4N2/c14-7-3-1-2-6(12(7)17)13-18-10-4-8(15)9(16)5-11(10)19-13/h1-5H,(H,18,19). The van der Waals surface area contributed by atoms with Crippen molar-refractivity contribution < 1.29 is 0 Å². The number of hydrogen-bond acceptors (Lipinski definition) is 1. The average molecular weight is 332 g/mol. The van der Waals surface area contributed by atoms with Crippen molar-refractivity contribution in [1.29, 1.82) is 0 Å². The highest BCUT2D eigenvalue weighted by molar-refractivity contribution is 6.44. The molecule has 0 aliphatic carbocycles. The highest BCUT2D eigenvalue weighted by atomic mass is 35.5. The summed E-state index contributed by atoms with van der Waals surface area (Å²) >= 11 is 24.1. The molecule has 2 aromatic carbocycles. The van der Waals surface area contributed by atoms with Crippen LogP contribution in [0.3, 0.4) is 0 Å². The Morgan fingerprint density at radius 2 is 1.63 bits per heavy atom. The van der Waals surface area contributed by atoms with Crippen LogP contribution in [-0.4, -0.2) is 9.97 Å². The monoisotopic (exact) mass is 330 g/mol. The quantitative estimate of drug-likeness (QED) is 0.595. The predicted octanol–water partition coefficient (Wildman–Crippen LogP) is 5.84. The largest absolute Gasteiger partial charge is 0.338 e. The van der Waals surface area contributed by atoms with E-state index in [0.717, 1.165) is 16.6 Å². The van der Waals surface area contributed by atoms with Gasteiger partial charge in [0.05, 0.1) is 31.1 Å². The van der Waals surface area contributed by atoms with E-state index in [9.17, 15) is 0 Å². The van der Waals surface area contributed by atoms with Crippen LogP contribution < -0.4 is 0 Å². The van der Waals surface area contributed by atoms with E-state index in [1.165, 1.54) is 0 Å². The zero-order valence-electron chi connectivity index (χ0n) is 9.35. The van der Waals surface area contributed by atoms with Crippen molar-refractivity contribution in [2.75, 3.05) is 0 Å². The van der Waals surface area contributed by atoms with Crippen molar-refractivity contribution in [3.8, 4) is 11.4 Å². The molecule has 1 heterocycles. The molecule has 3 aromatic rings. The lowest BCUT2D eigenvalue weighted by atomic mass is 10.2. The molecule has 0 spiro atoms. The fourth-order valence-corrected chi connectivity index (χ4v) is 2.53. The Hall–Kier alpha value is -0.930. The predicted molar refractivity (Wildman–Crippen MR) is 81.6 cm³/mol. The summed E-state index contributed by atoms with van der Waals surface area (Å²) in [5.41, 5.74) is 2.25. The maximum Gasteiger partial charge on any atom is 0.140 e. The molecule has 0 radical (unpaired) electrons. The minimum Gasteiger partial charge on any atom is -0.338 e. The minimum absolute atomic E-state index is 0.459. The van der Waals surface area contributed by atoms with E-state index in [2.05, 4.69) is 9.97 Å². The molecule has 6 heteroatoms. The second kappa shape index (κ2) is 4.88. The van der Waals surface area contributed by atoms with Crippen molar-refractivity contribution in [3.63, 3.8) is 0 Å². The molecule has 2 nitrogen and oxygen atoms in total. The molecule has 0 atom stereocenters. The summed E-state index contributed by atoms with van der Waals surface area (Å²) in [5.74, 6) is 0.626. The van der Waals surface area contributed by atoms with Crippen LogP contribution in [0.15, 0.2) is 30.3 Å². The third kappa shape index (κ3) is 2.30. The summed E-state index contributed by atoms with van der Waals surface area (Å²) < 4.78 is 0. The summed E-state index contributed by atoms with van der Waals surface area (Å²) in [6, 6.07) is 8.82. The zero-order valence-corrected chi connectivity index (χ0v) is 12.4. The molecular formula is C13H6Cl4N2. The van der Waals surface area contributed by atoms with Gasteiger partial charge in [-0.25, -0.2) is 4.98 Å². The molecule has 0 amide bonds. The number of fused-ring (bicyclic) bond motifs is 1. The van der Waals surface area contributed by atoms with Gasteiger partial charge in [-0.3, -0.25) is 0 Å². The van der Waals surface area contributed by atoms with E-state index in [-0.39, 0.29) is 0 Å². The molecule has 0 fully saturated rings. The number of hydrogen-bond donors (Lipinski definition) is 1. The summed E-state index contributed by atoms with van der Waals surface area (Å²) in [7, 11) is 0. The first-order valence-electron chi connectivity index (χ1n) is 5.35. The molecule has 1 aromatic heterocycles. The summed E-state index contributed by atoms with van der Waals surface area (Å²) in [6.07, 6.45) is 0. The molecule has 19 heavy (non-hydrogen) atoms. The summed E-state index contributed by atoms with van der Waals surface area (Å²) in [6.45, 7) is 0. The number of aromatic nitrogens is 2. The van der Waals surface area contributed by atoms with Gasteiger partial charge >= 0.3 is 0 Å². The van der Waals surface area contributed by atoms with E-state index in [1.807, 2.05) is 12.1 Å². The molecule has 0 saturated heterocycles. The van der Waals surface area contributed by atoms with Gasteiger partial charge in [-0.05, 0) is 24.3 Å². The fraction of sp³-hybridized carbons (Fsp3) is 0. The van der Waals surface area contributed by atoms with Crippen molar-refractivity contribution in [3.05, 3.63) is 50.4 Å². The van der Waals surface area contributed by atoms with Crippen molar-refractivity contribution in [2.45, 2.75) is 0 Å². The number of aromatic amines is 1. The number of benzene rings is 2. The zero-order chi connectivity index (χ0) is 13.6. The average Bonchev–Trinajstić information content (AvgIpc) is 2.76. The van der Waals surface area contributed by atoms with Crippen molar-refractivity contribution in [2.24, 2.45) is 0 Å². The van der Waals surface area contributed by atoms with Crippen LogP contribution in [0, 0.1) is 0 Å². The molecule has 1 N–H and O–H groups in total. The first kappa shape index (κ1) is 13.1. The second-order valence-electron chi connectivity index (χ2n) is 3.97. The van der Waals surface area contributed by atoms with Crippen LogP contribution in [0.2, 0.25) is 20.1 Å². The first-order valence-corrected chi connectivity index (χ1v) is 6.86. The molecule has 0 aliphatic rings. The van der Waals surface area contributed by atoms with Crippen LogP contribution >= 0.6 is 46.4 Å². The van der Waals surface area contributed by atoms with Gasteiger partial charge < -0.3 is 4.98 Å². The Morgan fingerprint density at radius 3 is 2.42 bits per heavy atom. The van der Waals surface area contributed by atoms with Gasteiger partial charge in [0.15, 0.2) is 0 Å². The SMILES string of the molecule is Clc1cc2nc(-c3cccc(Cl)c3Cl)[nH]c2cc1Cl. The van der Waals surface area contributed by atoms with Crippen LogP contribution in [0.4, 0.5) is 0 Å². The Kier molecular flexibility index (Phi) is 3.35. The third-order valence-corrected chi connectivity index (χ3v) is 4.27. The lowest BCUT2D eigenvalue weighted by molar-refractivity contribution is 1.34. The van der Waals surface area contributed by atoms with Gasteiger partial charge in [0.1, 0.15) is 5.82 Å². The summed E-state index contributed by atoms with van der Waals surface area (Å²) in [5, 5.41) is 1.88. The molecule has 0 saturated carbocycles. The number of nitrogens with zero attached hydrogens (tertiary/aromatic N) is 1. The van der Waals surface area contributed by atoms with E-state index < -0.39 is 0 Å². The van der Waals surface area contributed by atoms with E-state index in [1.54, 1.807) is 18.2 Å². The maximum absolute atomic E-state index is 6.17. The Labute approximate surface area is 129 Å². The number of nitrogens with one attached hydrogen (secondary N) is 1. The Balaban J connectivity index is 2.23. The summed E-state index contributed by atoms with van der Waals surface area (Å²) in [4.78, 5) is 7.60. The molecular weight excluding hydrogens is 326 g/mol. The van der Waals surface area contributed by atoms with Gasteiger partial charge in [0.25, 0.3) is 0 Å². The molecule has 96 valence electrons. The molecule has 0 aliphatic heterocycles. The van der Waals surface area contributed by atoms with E-state index in [0.29, 0.717) is 25.9 Å². The number of rotatable bonds is 1. The first-order chi connectivity index (χ1) is 9.06. The van der Waals surface area contributed by atoms with E-state index >= 15 is 0 Å². The maximum atomic E-state index is 6.17. The van der Waals surface area contributed by atoms with Gasteiger partial charge in [-0.1, -0.05) is 52.5 Å². The topological polar surface area (TPSA) is 28.7 Å². The van der Waals surface area contributed by atoms with Crippen LogP contribution in [0.1, 0.15) is 0 Å². The number of imidazole rings is 1. The highest BCUT2D eigenvalue weighted by Crippen LogP contribution is 2.34. The molecule has 0 unspecified atom stereocenters. The smallest absolute Gasteiger partial charge is 0.140 e. The lowest BCUT2D eigenvalue weighted by Crippen LogP contribution is -1.82. The second-order valence-corrected chi connectivity index (χ2v) is 5.57. The third-order valence-electron chi connectivity index (χ3n) is 2.73. The number of H-pyrrole nitrogens is 1. The van der Waals surface area contributed by atoms with Gasteiger partial charge in [-0.15, -0.1) is 0 Å². The van der Waals surface area contributed by atoms with Gasteiger partial charge in [0.2, 0.25) is 0 Å². The van der Waals surface area contributed by atoms with Crippen molar-refractivity contribution in [1.82, 2.24) is 9.97 Å². The minimum atomic E-state index is 0.459. The Bertz CT molecular complexity index is 741. The number of halogens is 4. The lowest BCUT2D eigenvalue weighted by Gasteiger charge is -2.01. The van der Waals surface area contributed by atoms with Crippen molar-refractivity contribution >= 4 is 57.4 Å². The van der Waals surface area contributed by atoms with Crippen LogP contribution in [-0.2, 0) is 0 Å². The normalized spacial score (nSPS) is 11.2. The van der Waals surface area contributed by atoms with Crippen LogP contribution in [0.25, 0.3) is 22.4 Å². The fourth-order valence-electron chi connectivity index (χ4n) is 1.82. The molecule has 0 bridgehead atoms. The Morgan fingerprint density at radius 1 is 0.895 bits per heavy atom.